The van der Waals surface area contributed by atoms with E-state index >= 15 is 0 Å². The van der Waals surface area contributed by atoms with E-state index in [9.17, 15) is 0 Å². The molecule has 1 aromatic carbocycles. The third kappa shape index (κ3) is 2.10. The van der Waals surface area contributed by atoms with Gasteiger partial charge in [-0.3, -0.25) is 0 Å². The van der Waals surface area contributed by atoms with E-state index < -0.39 is 0 Å². The number of nitrogens with two attached hydrogens (primary N) is 1. The second-order valence-electron chi connectivity index (χ2n) is 3.86. The molecule has 2 N–H and O–H groups in total. The van der Waals surface area contributed by atoms with E-state index in [1.807, 2.05) is 0 Å². The molecule has 0 aliphatic heterocycles. The quantitative estimate of drug-likeness (QED) is 0.899. The van der Waals surface area contributed by atoms with Crippen molar-refractivity contribution >= 4 is 21.6 Å². The first-order valence-electron chi connectivity index (χ1n) is 4.93. The second kappa shape index (κ2) is 3.91. The van der Waals surface area contributed by atoms with Crippen molar-refractivity contribution in [3.05, 3.63) is 28.2 Å². The Morgan fingerprint density at radius 1 is 1.43 bits per heavy atom. The SMILES string of the molecule is CN(c1cc(Br)cc(CN)c1)C1CC1. The third-order valence-corrected chi connectivity index (χ3v) is 3.14. The molecule has 76 valence electrons. The van der Waals surface area contributed by atoms with Crippen molar-refractivity contribution in [3.8, 4) is 0 Å². The highest BCUT2D eigenvalue weighted by atomic mass is 79.9. The molecule has 0 aromatic heterocycles. The molecular weight excluding hydrogens is 240 g/mol. The number of hydrogen-bond donors (Lipinski definition) is 1. The smallest absolute Gasteiger partial charge is 0.0380 e. The number of rotatable bonds is 3. The lowest BCUT2D eigenvalue weighted by atomic mass is 10.2. The largest absolute Gasteiger partial charge is 0.372 e. The van der Waals surface area contributed by atoms with Crippen molar-refractivity contribution in [2.24, 2.45) is 5.73 Å². The monoisotopic (exact) mass is 254 g/mol. The number of benzene rings is 1. The lowest BCUT2D eigenvalue weighted by Crippen LogP contribution is -2.19. The molecule has 1 aliphatic rings. The van der Waals surface area contributed by atoms with Crippen LogP contribution in [0.1, 0.15) is 18.4 Å². The Morgan fingerprint density at radius 2 is 2.14 bits per heavy atom. The second-order valence-corrected chi connectivity index (χ2v) is 4.78. The Kier molecular flexibility index (Phi) is 2.79. The summed E-state index contributed by atoms with van der Waals surface area (Å²) in [6.07, 6.45) is 2.64. The van der Waals surface area contributed by atoms with Gasteiger partial charge in [-0.1, -0.05) is 15.9 Å². The summed E-state index contributed by atoms with van der Waals surface area (Å²) in [5.41, 5.74) is 8.09. The lowest BCUT2D eigenvalue weighted by molar-refractivity contribution is 0.912. The standard InChI is InChI=1S/C11H15BrN2/c1-14(10-2-3-10)11-5-8(7-13)4-9(12)6-11/h4-6,10H,2-3,7,13H2,1H3. The average Bonchev–Trinajstić information content (AvgIpc) is 2.99. The molecule has 1 aliphatic carbocycles. The number of nitrogens with zero attached hydrogens (tertiary/aromatic N) is 1. The molecule has 0 amide bonds. The molecule has 0 bridgehead atoms. The molecule has 3 heteroatoms. The summed E-state index contributed by atoms with van der Waals surface area (Å²) in [5.74, 6) is 0. The number of anilines is 1. The highest BCUT2D eigenvalue weighted by Gasteiger charge is 2.26. The van der Waals surface area contributed by atoms with Gasteiger partial charge in [0.15, 0.2) is 0 Å². The van der Waals surface area contributed by atoms with E-state index in [1.165, 1.54) is 24.1 Å². The zero-order chi connectivity index (χ0) is 10.1. The minimum atomic E-state index is 0.602. The number of hydrogen-bond acceptors (Lipinski definition) is 2. The fourth-order valence-electron chi connectivity index (χ4n) is 1.63. The first-order chi connectivity index (χ1) is 6.70. The Labute approximate surface area is 93.2 Å². The van der Waals surface area contributed by atoms with Crippen molar-refractivity contribution in [1.29, 1.82) is 0 Å². The van der Waals surface area contributed by atoms with Crippen LogP contribution in [0.3, 0.4) is 0 Å². The van der Waals surface area contributed by atoms with Crippen LogP contribution in [0.25, 0.3) is 0 Å². The maximum Gasteiger partial charge on any atom is 0.0380 e. The molecule has 1 saturated carbocycles. The van der Waals surface area contributed by atoms with Gasteiger partial charge in [-0.15, -0.1) is 0 Å². The number of halogens is 1. The van der Waals surface area contributed by atoms with Crippen molar-refractivity contribution in [2.75, 3.05) is 11.9 Å². The van der Waals surface area contributed by atoms with Crippen LogP contribution in [0.2, 0.25) is 0 Å². The predicted molar refractivity (Wildman–Crippen MR) is 63.5 cm³/mol. The average molecular weight is 255 g/mol. The van der Waals surface area contributed by atoms with Crippen LogP contribution in [-0.2, 0) is 6.54 Å². The molecule has 2 rings (SSSR count). The fourth-order valence-corrected chi connectivity index (χ4v) is 2.16. The van der Waals surface area contributed by atoms with Crippen LogP contribution < -0.4 is 10.6 Å². The molecule has 1 aromatic rings. The van der Waals surface area contributed by atoms with Gasteiger partial charge in [0.2, 0.25) is 0 Å². The highest BCUT2D eigenvalue weighted by molar-refractivity contribution is 9.10. The summed E-state index contributed by atoms with van der Waals surface area (Å²) in [6.45, 7) is 0.602. The summed E-state index contributed by atoms with van der Waals surface area (Å²) in [4.78, 5) is 2.34. The zero-order valence-electron chi connectivity index (χ0n) is 8.33. The Balaban J connectivity index is 2.27. The van der Waals surface area contributed by atoms with Crippen LogP contribution in [0, 0.1) is 0 Å². The molecule has 0 saturated heterocycles. The fraction of sp³-hybridized carbons (Fsp3) is 0.455. The molecule has 1 fully saturated rings. The summed E-state index contributed by atoms with van der Waals surface area (Å²) < 4.78 is 1.11. The summed E-state index contributed by atoms with van der Waals surface area (Å²) in [5, 5.41) is 0. The zero-order valence-corrected chi connectivity index (χ0v) is 9.92. The van der Waals surface area contributed by atoms with Gasteiger partial charge in [0.25, 0.3) is 0 Å². The highest BCUT2D eigenvalue weighted by Crippen LogP contribution is 2.32. The van der Waals surface area contributed by atoms with Gasteiger partial charge in [-0.05, 0) is 36.6 Å². The summed E-state index contributed by atoms with van der Waals surface area (Å²) in [6, 6.07) is 7.14. The lowest BCUT2D eigenvalue weighted by Gasteiger charge is -2.19. The third-order valence-electron chi connectivity index (χ3n) is 2.68. The van der Waals surface area contributed by atoms with Gasteiger partial charge in [0, 0.05) is 29.8 Å². The topological polar surface area (TPSA) is 29.3 Å². The van der Waals surface area contributed by atoms with E-state index in [-0.39, 0.29) is 0 Å². The van der Waals surface area contributed by atoms with E-state index in [1.54, 1.807) is 0 Å². The Morgan fingerprint density at radius 3 is 2.71 bits per heavy atom. The van der Waals surface area contributed by atoms with Gasteiger partial charge in [0.1, 0.15) is 0 Å². The first kappa shape index (κ1) is 9.99. The Bertz CT molecular complexity index is 334. The maximum atomic E-state index is 5.64. The molecule has 2 nitrogen and oxygen atoms in total. The van der Waals surface area contributed by atoms with Crippen LogP contribution in [0.15, 0.2) is 22.7 Å². The molecule has 0 heterocycles. The van der Waals surface area contributed by atoms with E-state index in [4.69, 9.17) is 5.73 Å². The minimum Gasteiger partial charge on any atom is -0.372 e. The van der Waals surface area contributed by atoms with Gasteiger partial charge < -0.3 is 10.6 Å². The van der Waals surface area contributed by atoms with Crippen LogP contribution in [0.4, 0.5) is 5.69 Å². The van der Waals surface area contributed by atoms with Gasteiger partial charge >= 0.3 is 0 Å². The summed E-state index contributed by atoms with van der Waals surface area (Å²) >= 11 is 3.51. The van der Waals surface area contributed by atoms with Crippen LogP contribution in [-0.4, -0.2) is 13.1 Å². The molecular formula is C11H15BrN2. The van der Waals surface area contributed by atoms with E-state index in [0.29, 0.717) is 6.54 Å². The van der Waals surface area contributed by atoms with Crippen molar-refractivity contribution in [1.82, 2.24) is 0 Å². The van der Waals surface area contributed by atoms with Gasteiger partial charge in [0.05, 0.1) is 0 Å². The molecule has 0 unspecified atom stereocenters. The maximum absolute atomic E-state index is 5.64. The van der Waals surface area contributed by atoms with E-state index in [0.717, 1.165) is 10.5 Å². The summed E-state index contributed by atoms with van der Waals surface area (Å²) in [7, 11) is 2.15. The Hall–Kier alpha value is -0.540. The first-order valence-corrected chi connectivity index (χ1v) is 5.72. The molecule has 0 spiro atoms. The normalized spacial score (nSPS) is 15.6. The van der Waals surface area contributed by atoms with E-state index in [2.05, 4.69) is 46.1 Å². The van der Waals surface area contributed by atoms with Crippen molar-refractivity contribution in [2.45, 2.75) is 25.4 Å². The van der Waals surface area contributed by atoms with Crippen molar-refractivity contribution < 1.29 is 0 Å². The minimum absolute atomic E-state index is 0.602. The van der Waals surface area contributed by atoms with Crippen LogP contribution in [0.5, 0.6) is 0 Å². The predicted octanol–water partition coefficient (Wildman–Crippen LogP) is 2.51. The molecule has 14 heavy (non-hydrogen) atoms. The van der Waals surface area contributed by atoms with Gasteiger partial charge in [-0.2, -0.15) is 0 Å². The molecule has 0 atom stereocenters. The molecule has 0 radical (unpaired) electrons. The van der Waals surface area contributed by atoms with Crippen LogP contribution >= 0.6 is 15.9 Å². The van der Waals surface area contributed by atoms with Gasteiger partial charge in [-0.25, -0.2) is 0 Å². The van der Waals surface area contributed by atoms with Crippen molar-refractivity contribution in [3.63, 3.8) is 0 Å².